The van der Waals surface area contributed by atoms with E-state index in [0.717, 1.165) is 6.20 Å². The maximum atomic E-state index is 12.3. The third kappa shape index (κ3) is 2.59. The number of carbonyl (C=O) groups excluding carboxylic acids is 1. The molecule has 0 amide bonds. The van der Waals surface area contributed by atoms with Gasteiger partial charge in [0.2, 0.25) is 0 Å². The zero-order valence-electron chi connectivity index (χ0n) is 8.97. The Hall–Kier alpha value is -0.950. The van der Waals surface area contributed by atoms with Gasteiger partial charge in [-0.1, -0.05) is 0 Å². The van der Waals surface area contributed by atoms with E-state index >= 15 is 0 Å². The molecule has 0 spiro atoms. The van der Waals surface area contributed by atoms with E-state index in [9.17, 15) is 18.0 Å². The van der Waals surface area contributed by atoms with E-state index in [1.165, 1.54) is 0 Å². The number of nitrogens with one attached hydrogen (secondary N) is 1. The van der Waals surface area contributed by atoms with Crippen LogP contribution >= 0.6 is 11.3 Å². The first-order chi connectivity index (χ1) is 7.18. The van der Waals surface area contributed by atoms with Crippen molar-refractivity contribution in [3.05, 3.63) is 16.1 Å². The molecule has 0 bridgehead atoms. The molecular formula is C9H11F3N2OS. The van der Waals surface area contributed by atoms with E-state index in [4.69, 9.17) is 0 Å². The Balaban J connectivity index is 3.00. The Labute approximate surface area is 94.7 Å². The van der Waals surface area contributed by atoms with Gasteiger partial charge in [-0.25, -0.2) is 4.98 Å². The molecule has 1 heterocycles. The molecule has 3 nitrogen and oxygen atoms in total. The second kappa shape index (κ2) is 4.14. The number of carbonyl (C=O) groups is 1. The number of aromatic nitrogens is 1. The Morgan fingerprint density at radius 3 is 2.38 bits per heavy atom. The van der Waals surface area contributed by atoms with Gasteiger partial charge in [0, 0.05) is 6.20 Å². The Kier molecular flexibility index (Phi) is 3.39. The van der Waals surface area contributed by atoms with Crippen LogP contribution in [-0.4, -0.2) is 23.4 Å². The van der Waals surface area contributed by atoms with Crippen LogP contribution in [0.5, 0.6) is 0 Å². The highest BCUT2D eigenvalue weighted by Gasteiger charge is 2.37. The number of hydrogen-bond donors (Lipinski definition) is 1. The van der Waals surface area contributed by atoms with Crippen molar-refractivity contribution in [2.75, 3.05) is 7.05 Å². The molecule has 1 aromatic rings. The number of ketones is 1. The van der Waals surface area contributed by atoms with Gasteiger partial charge in [-0.15, -0.1) is 11.3 Å². The Morgan fingerprint density at radius 1 is 1.44 bits per heavy atom. The summed E-state index contributed by atoms with van der Waals surface area (Å²) in [4.78, 5) is 15.0. The maximum absolute atomic E-state index is 12.3. The molecule has 0 aliphatic rings. The van der Waals surface area contributed by atoms with Crippen molar-refractivity contribution >= 4 is 17.1 Å². The second-order valence-electron chi connectivity index (χ2n) is 3.73. The van der Waals surface area contributed by atoms with E-state index in [0.29, 0.717) is 11.3 Å². The van der Waals surface area contributed by atoms with Crippen LogP contribution in [0.4, 0.5) is 13.2 Å². The molecule has 0 atom stereocenters. The van der Waals surface area contributed by atoms with Crippen molar-refractivity contribution in [3.63, 3.8) is 0 Å². The molecule has 90 valence electrons. The van der Waals surface area contributed by atoms with Crippen LogP contribution in [0.1, 0.15) is 28.5 Å². The fourth-order valence-electron chi connectivity index (χ4n) is 0.932. The zero-order chi connectivity index (χ0) is 12.6. The predicted octanol–water partition coefficient (Wildman–Crippen LogP) is 2.34. The number of hydrogen-bond acceptors (Lipinski definition) is 4. The predicted molar refractivity (Wildman–Crippen MR) is 54.6 cm³/mol. The first-order valence-corrected chi connectivity index (χ1v) is 5.27. The Morgan fingerprint density at radius 2 is 2.00 bits per heavy atom. The molecular weight excluding hydrogens is 241 g/mol. The highest BCUT2D eigenvalue weighted by molar-refractivity contribution is 7.13. The number of likely N-dealkylation sites (N-methyl/N-ethyl adjacent to an activating group) is 1. The van der Waals surface area contributed by atoms with Crippen molar-refractivity contribution in [3.8, 4) is 0 Å². The summed E-state index contributed by atoms with van der Waals surface area (Å²) in [5.74, 6) is -0.400. The molecule has 1 N–H and O–H groups in total. The van der Waals surface area contributed by atoms with Gasteiger partial charge in [-0.3, -0.25) is 4.79 Å². The number of nitrogens with zero attached hydrogens (tertiary/aromatic N) is 1. The lowest BCUT2D eigenvalue weighted by atomic mass is 9.99. The average molecular weight is 252 g/mol. The molecule has 0 unspecified atom stereocenters. The van der Waals surface area contributed by atoms with Crippen LogP contribution in [-0.2, 0) is 6.18 Å². The van der Waals surface area contributed by atoms with Crippen molar-refractivity contribution in [2.24, 2.45) is 0 Å². The third-order valence-electron chi connectivity index (χ3n) is 2.16. The van der Waals surface area contributed by atoms with E-state index in [1.54, 1.807) is 20.9 Å². The lowest BCUT2D eigenvalue weighted by Gasteiger charge is -2.20. The van der Waals surface area contributed by atoms with E-state index in [-0.39, 0.29) is 4.88 Å². The maximum Gasteiger partial charge on any atom is 0.443 e. The number of thiazole rings is 1. The smallest absolute Gasteiger partial charge is 0.308 e. The largest absolute Gasteiger partial charge is 0.443 e. The molecule has 1 rings (SSSR count). The number of halogens is 3. The average Bonchev–Trinajstić information content (AvgIpc) is 2.64. The van der Waals surface area contributed by atoms with Crippen molar-refractivity contribution < 1.29 is 18.0 Å². The van der Waals surface area contributed by atoms with Crippen LogP contribution in [0.2, 0.25) is 0 Å². The summed E-state index contributed by atoms with van der Waals surface area (Å²) in [6.07, 6.45) is -3.53. The van der Waals surface area contributed by atoms with Crippen LogP contribution in [0, 0.1) is 0 Å². The summed E-state index contributed by atoms with van der Waals surface area (Å²) in [5, 5.41) is 1.74. The summed E-state index contributed by atoms with van der Waals surface area (Å²) in [5.41, 5.74) is -0.893. The summed E-state index contributed by atoms with van der Waals surface area (Å²) in [6, 6.07) is 0. The van der Waals surface area contributed by atoms with Gasteiger partial charge in [0.15, 0.2) is 10.8 Å². The van der Waals surface area contributed by atoms with Crippen LogP contribution < -0.4 is 5.32 Å². The van der Waals surface area contributed by atoms with Gasteiger partial charge in [-0.05, 0) is 20.9 Å². The molecule has 0 radical (unpaired) electrons. The van der Waals surface area contributed by atoms with Crippen molar-refractivity contribution in [1.29, 1.82) is 0 Å². The summed E-state index contributed by atoms with van der Waals surface area (Å²) >= 11 is 0.365. The topological polar surface area (TPSA) is 42.0 Å². The lowest BCUT2D eigenvalue weighted by molar-refractivity contribution is -0.137. The quantitative estimate of drug-likeness (QED) is 0.839. The minimum absolute atomic E-state index is 0.00618. The minimum Gasteiger partial charge on any atom is -0.308 e. The minimum atomic E-state index is -4.49. The summed E-state index contributed by atoms with van der Waals surface area (Å²) in [6.45, 7) is 3.20. The molecule has 16 heavy (non-hydrogen) atoms. The highest BCUT2D eigenvalue weighted by atomic mass is 32.1. The second-order valence-corrected chi connectivity index (χ2v) is 4.76. The summed E-state index contributed by atoms with van der Waals surface area (Å²) < 4.78 is 36.8. The molecule has 0 saturated heterocycles. The zero-order valence-corrected chi connectivity index (χ0v) is 9.79. The van der Waals surface area contributed by atoms with Crippen LogP contribution in [0.3, 0.4) is 0 Å². The van der Waals surface area contributed by atoms with E-state index in [2.05, 4.69) is 10.3 Å². The van der Waals surface area contributed by atoms with Crippen molar-refractivity contribution in [1.82, 2.24) is 10.3 Å². The van der Waals surface area contributed by atoms with Gasteiger partial charge in [-0.2, -0.15) is 13.2 Å². The van der Waals surface area contributed by atoms with E-state index in [1.807, 2.05) is 0 Å². The molecule has 7 heteroatoms. The molecule has 1 aromatic heterocycles. The first kappa shape index (κ1) is 13.1. The molecule has 0 saturated carbocycles. The third-order valence-corrected chi connectivity index (χ3v) is 3.21. The lowest BCUT2D eigenvalue weighted by Crippen LogP contribution is -2.44. The van der Waals surface area contributed by atoms with Crippen molar-refractivity contribution in [2.45, 2.75) is 25.6 Å². The number of Topliss-reactive ketones (excluding diaryl/α,β-unsaturated/α-hetero) is 1. The first-order valence-electron chi connectivity index (χ1n) is 4.45. The SMILES string of the molecule is CNC(C)(C)C(=O)c1cnc(C(F)(F)F)s1. The van der Waals surface area contributed by atoms with Gasteiger partial charge in [0.1, 0.15) is 0 Å². The molecule has 0 fully saturated rings. The van der Waals surface area contributed by atoms with Crippen LogP contribution in [0.15, 0.2) is 6.20 Å². The van der Waals surface area contributed by atoms with E-state index < -0.39 is 22.5 Å². The summed E-state index contributed by atoms with van der Waals surface area (Å²) in [7, 11) is 1.57. The fraction of sp³-hybridized carbons (Fsp3) is 0.556. The Bertz CT molecular complexity index is 398. The number of alkyl halides is 3. The molecule has 0 aliphatic carbocycles. The molecule has 0 aromatic carbocycles. The number of rotatable bonds is 3. The van der Waals surface area contributed by atoms with Gasteiger partial charge in [0.25, 0.3) is 0 Å². The fourth-order valence-corrected chi connectivity index (χ4v) is 1.81. The standard InChI is InChI=1S/C9H11F3N2OS/c1-8(2,13-3)6(15)5-4-14-7(16-5)9(10,11)12/h4,13H,1-3H3. The highest BCUT2D eigenvalue weighted by Crippen LogP contribution is 2.33. The van der Waals surface area contributed by atoms with Gasteiger partial charge >= 0.3 is 6.18 Å². The van der Waals surface area contributed by atoms with Gasteiger partial charge in [0.05, 0.1) is 10.4 Å². The normalized spacial score (nSPS) is 12.9. The molecule has 0 aliphatic heterocycles. The van der Waals surface area contributed by atoms with Crippen LogP contribution in [0.25, 0.3) is 0 Å². The van der Waals surface area contributed by atoms with Gasteiger partial charge < -0.3 is 5.32 Å². The monoisotopic (exact) mass is 252 g/mol.